The van der Waals surface area contributed by atoms with Crippen LogP contribution in [0.5, 0.6) is 0 Å². The molecule has 0 bridgehead atoms. The van der Waals surface area contributed by atoms with Gasteiger partial charge in [-0.15, -0.1) is 0 Å². The molecule has 2 fully saturated rings. The number of hydrogen-bond donors (Lipinski definition) is 1. The van der Waals surface area contributed by atoms with Crippen molar-refractivity contribution in [1.82, 2.24) is 14.5 Å². The summed E-state index contributed by atoms with van der Waals surface area (Å²) in [5.41, 5.74) is 7.84. The Morgan fingerprint density at radius 3 is 2.89 bits per heavy atom. The monoisotopic (exact) mass is 262 g/mol. The van der Waals surface area contributed by atoms with Crippen molar-refractivity contribution < 1.29 is 0 Å². The highest BCUT2D eigenvalue weighted by atomic mass is 15.3. The van der Waals surface area contributed by atoms with Crippen LogP contribution in [0.2, 0.25) is 0 Å². The van der Waals surface area contributed by atoms with Gasteiger partial charge >= 0.3 is 0 Å². The summed E-state index contributed by atoms with van der Waals surface area (Å²) in [6.07, 6.45) is 11.6. The number of rotatable bonds is 4. The van der Waals surface area contributed by atoms with Gasteiger partial charge in [-0.05, 0) is 38.6 Å². The van der Waals surface area contributed by atoms with Gasteiger partial charge in [-0.1, -0.05) is 13.3 Å². The quantitative estimate of drug-likeness (QED) is 0.906. The first-order valence-electron chi connectivity index (χ1n) is 7.82. The average Bonchev–Trinajstić information content (AvgIpc) is 3.17. The molecule has 0 spiro atoms. The first-order valence-corrected chi connectivity index (χ1v) is 7.82. The van der Waals surface area contributed by atoms with E-state index < -0.39 is 0 Å². The lowest BCUT2D eigenvalue weighted by atomic mass is 10.0. The summed E-state index contributed by atoms with van der Waals surface area (Å²) in [5, 5.41) is 0. The van der Waals surface area contributed by atoms with Crippen LogP contribution in [0, 0.1) is 0 Å². The fourth-order valence-corrected chi connectivity index (χ4v) is 3.43. The highest BCUT2D eigenvalue weighted by Gasteiger charge is 2.39. The highest BCUT2D eigenvalue weighted by Crippen LogP contribution is 2.38. The molecule has 106 valence electrons. The van der Waals surface area contributed by atoms with Crippen molar-refractivity contribution in [2.45, 2.75) is 70.1 Å². The van der Waals surface area contributed by atoms with Crippen LogP contribution in [0.15, 0.2) is 12.5 Å². The topological polar surface area (TPSA) is 47.1 Å². The van der Waals surface area contributed by atoms with Gasteiger partial charge < -0.3 is 10.3 Å². The lowest BCUT2D eigenvalue weighted by molar-refractivity contribution is 0.168. The van der Waals surface area contributed by atoms with Crippen LogP contribution in [0.3, 0.4) is 0 Å². The third kappa shape index (κ3) is 2.70. The van der Waals surface area contributed by atoms with Gasteiger partial charge in [0.1, 0.15) is 0 Å². The van der Waals surface area contributed by atoms with E-state index in [9.17, 15) is 0 Å². The third-order valence-corrected chi connectivity index (χ3v) is 4.49. The van der Waals surface area contributed by atoms with E-state index in [0.717, 1.165) is 25.4 Å². The molecule has 2 N–H and O–H groups in total. The van der Waals surface area contributed by atoms with Gasteiger partial charge in [-0.2, -0.15) is 0 Å². The van der Waals surface area contributed by atoms with Gasteiger partial charge in [0.15, 0.2) is 0 Å². The van der Waals surface area contributed by atoms with Crippen molar-refractivity contribution in [2.75, 3.05) is 6.54 Å². The van der Waals surface area contributed by atoms with Crippen LogP contribution in [0.25, 0.3) is 0 Å². The SMILES string of the molecule is CCCn1cncc1C1C(N)CCCCN1C1CC1. The number of aromatic nitrogens is 2. The molecule has 4 nitrogen and oxygen atoms in total. The van der Waals surface area contributed by atoms with Crippen molar-refractivity contribution in [2.24, 2.45) is 5.73 Å². The van der Waals surface area contributed by atoms with E-state index in [1.165, 1.54) is 37.9 Å². The summed E-state index contributed by atoms with van der Waals surface area (Å²) < 4.78 is 2.31. The normalized spacial score (nSPS) is 29.4. The standard InChI is InChI=1S/C15H26N4/c1-2-8-18-11-17-10-14(18)15-13(16)5-3-4-9-19(15)12-6-7-12/h10-13,15H,2-9,16H2,1H3. The second-order valence-corrected chi connectivity index (χ2v) is 6.09. The number of nitrogens with two attached hydrogens (primary N) is 1. The molecular formula is C15H26N4. The molecule has 2 heterocycles. The van der Waals surface area contributed by atoms with E-state index in [1.54, 1.807) is 0 Å². The minimum absolute atomic E-state index is 0.260. The molecular weight excluding hydrogens is 236 g/mol. The van der Waals surface area contributed by atoms with E-state index in [2.05, 4.69) is 21.4 Å². The van der Waals surface area contributed by atoms with Crippen molar-refractivity contribution in [3.63, 3.8) is 0 Å². The molecule has 1 saturated carbocycles. The minimum Gasteiger partial charge on any atom is -0.333 e. The molecule has 19 heavy (non-hydrogen) atoms. The molecule has 1 aliphatic carbocycles. The van der Waals surface area contributed by atoms with Gasteiger partial charge in [0, 0.05) is 24.8 Å². The second-order valence-electron chi connectivity index (χ2n) is 6.09. The second kappa shape index (κ2) is 5.63. The van der Waals surface area contributed by atoms with E-state index in [1.807, 2.05) is 12.5 Å². The molecule has 1 aliphatic heterocycles. The molecule has 2 aliphatic rings. The third-order valence-electron chi connectivity index (χ3n) is 4.49. The smallest absolute Gasteiger partial charge is 0.0948 e. The van der Waals surface area contributed by atoms with Crippen LogP contribution >= 0.6 is 0 Å². The summed E-state index contributed by atoms with van der Waals surface area (Å²) in [6, 6.07) is 1.42. The maximum atomic E-state index is 6.51. The largest absolute Gasteiger partial charge is 0.333 e. The first-order chi connectivity index (χ1) is 9.31. The van der Waals surface area contributed by atoms with Crippen LogP contribution < -0.4 is 5.73 Å². The van der Waals surface area contributed by atoms with Gasteiger partial charge in [0.05, 0.1) is 18.1 Å². The Balaban J connectivity index is 1.89. The molecule has 1 saturated heterocycles. The number of hydrogen-bond acceptors (Lipinski definition) is 3. The van der Waals surface area contributed by atoms with Gasteiger partial charge in [0.2, 0.25) is 0 Å². The first kappa shape index (κ1) is 13.1. The number of imidazole rings is 1. The number of nitrogens with zero attached hydrogens (tertiary/aromatic N) is 3. The van der Waals surface area contributed by atoms with E-state index in [0.29, 0.717) is 6.04 Å². The van der Waals surface area contributed by atoms with Crippen molar-refractivity contribution in [1.29, 1.82) is 0 Å². The summed E-state index contributed by atoms with van der Waals surface area (Å²) >= 11 is 0. The zero-order valence-corrected chi connectivity index (χ0v) is 12.0. The predicted octanol–water partition coefficient (Wildman–Crippen LogP) is 2.31. The van der Waals surface area contributed by atoms with E-state index >= 15 is 0 Å². The van der Waals surface area contributed by atoms with Crippen molar-refractivity contribution in [3.05, 3.63) is 18.2 Å². The van der Waals surface area contributed by atoms with Gasteiger partial charge in [0.25, 0.3) is 0 Å². The molecule has 2 atom stereocenters. The lowest BCUT2D eigenvalue weighted by Crippen LogP contribution is -2.42. The summed E-state index contributed by atoms with van der Waals surface area (Å²) in [6.45, 7) is 4.48. The average molecular weight is 262 g/mol. The maximum Gasteiger partial charge on any atom is 0.0948 e. The number of likely N-dealkylation sites (tertiary alicyclic amines) is 1. The Labute approximate surface area is 116 Å². The molecule has 1 aromatic heterocycles. The van der Waals surface area contributed by atoms with Gasteiger partial charge in [-0.25, -0.2) is 4.98 Å². The molecule has 0 radical (unpaired) electrons. The maximum absolute atomic E-state index is 6.51. The Morgan fingerprint density at radius 2 is 2.16 bits per heavy atom. The predicted molar refractivity (Wildman–Crippen MR) is 76.8 cm³/mol. The zero-order valence-electron chi connectivity index (χ0n) is 12.0. The Kier molecular flexibility index (Phi) is 3.89. The number of aryl methyl sites for hydroxylation is 1. The van der Waals surface area contributed by atoms with E-state index in [4.69, 9.17) is 5.73 Å². The Hall–Kier alpha value is -0.870. The van der Waals surface area contributed by atoms with Crippen molar-refractivity contribution >= 4 is 0 Å². The Morgan fingerprint density at radius 1 is 1.32 bits per heavy atom. The summed E-state index contributed by atoms with van der Waals surface area (Å²) in [4.78, 5) is 7.04. The highest BCUT2D eigenvalue weighted by molar-refractivity contribution is 5.12. The van der Waals surface area contributed by atoms with Crippen LogP contribution in [0.4, 0.5) is 0 Å². The van der Waals surface area contributed by atoms with Crippen molar-refractivity contribution in [3.8, 4) is 0 Å². The minimum atomic E-state index is 0.260. The molecule has 0 amide bonds. The molecule has 0 aromatic carbocycles. The fraction of sp³-hybridized carbons (Fsp3) is 0.800. The van der Waals surface area contributed by atoms with Crippen LogP contribution in [-0.4, -0.2) is 33.1 Å². The van der Waals surface area contributed by atoms with Crippen LogP contribution in [-0.2, 0) is 6.54 Å². The zero-order chi connectivity index (χ0) is 13.2. The Bertz CT molecular complexity index is 410. The molecule has 2 unspecified atom stereocenters. The summed E-state index contributed by atoms with van der Waals surface area (Å²) in [7, 11) is 0. The van der Waals surface area contributed by atoms with Crippen LogP contribution in [0.1, 0.15) is 57.2 Å². The molecule has 3 rings (SSSR count). The van der Waals surface area contributed by atoms with Gasteiger partial charge in [-0.3, -0.25) is 4.90 Å². The fourth-order valence-electron chi connectivity index (χ4n) is 3.43. The summed E-state index contributed by atoms with van der Waals surface area (Å²) in [5.74, 6) is 0. The molecule has 4 heteroatoms. The molecule has 1 aromatic rings. The lowest BCUT2D eigenvalue weighted by Gasteiger charge is -2.34. The van der Waals surface area contributed by atoms with E-state index in [-0.39, 0.29) is 6.04 Å².